The smallest absolute Gasteiger partial charge is 0.257 e. The van der Waals surface area contributed by atoms with Gasteiger partial charge in [-0.1, -0.05) is 13.8 Å². The molecule has 0 radical (unpaired) electrons. The summed E-state index contributed by atoms with van der Waals surface area (Å²) >= 11 is 5.18. The standard InChI is InChI=1S/C21H27N3O4S2/c1-4-14-22-30(26,27)19-12-8-17(9-13-19)23-21(29)24-20(25)16-6-10-18(11-7-16)28-15(3)5-2/h6-13,15,22H,4-5,14H2,1-3H3,(H2,23,24,25,29). The van der Waals surface area contributed by atoms with Crippen LogP contribution in [0.3, 0.4) is 0 Å². The normalized spacial score (nSPS) is 12.1. The fourth-order valence-corrected chi connectivity index (χ4v) is 3.72. The van der Waals surface area contributed by atoms with Gasteiger partial charge in [-0.05, 0) is 80.5 Å². The van der Waals surface area contributed by atoms with Crippen molar-refractivity contribution in [2.45, 2.75) is 44.6 Å². The van der Waals surface area contributed by atoms with Crippen molar-refractivity contribution in [3.8, 4) is 5.75 Å². The number of amides is 1. The molecule has 0 bridgehead atoms. The van der Waals surface area contributed by atoms with E-state index in [2.05, 4.69) is 15.4 Å². The summed E-state index contributed by atoms with van der Waals surface area (Å²) in [5.41, 5.74) is 1.01. The molecule has 2 aromatic carbocycles. The molecule has 0 aromatic heterocycles. The number of carbonyl (C=O) groups excluding carboxylic acids is 1. The molecule has 0 saturated carbocycles. The van der Waals surface area contributed by atoms with Gasteiger partial charge < -0.3 is 10.1 Å². The van der Waals surface area contributed by atoms with Crippen LogP contribution < -0.4 is 20.1 Å². The van der Waals surface area contributed by atoms with Crippen molar-refractivity contribution >= 4 is 38.9 Å². The van der Waals surface area contributed by atoms with Gasteiger partial charge in [-0.25, -0.2) is 13.1 Å². The molecule has 0 aliphatic carbocycles. The summed E-state index contributed by atoms with van der Waals surface area (Å²) in [6.07, 6.45) is 1.70. The molecule has 9 heteroatoms. The zero-order valence-corrected chi connectivity index (χ0v) is 18.9. The summed E-state index contributed by atoms with van der Waals surface area (Å²) < 4.78 is 32.4. The van der Waals surface area contributed by atoms with Gasteiger partial charge in [0.1, 0.15) is 5.75 Å². The third kappa shape index (κ3) is 7.08. The molecule has 0 spiro atoms. The van der Waals surface area contributed by atoms with Gasteiger partial charge in [0.15, 0.2) is 5.11 Å². The highest BCUT2D eigenvalue weighted by Gasteiger charge is 2.13. The molecule has 0 saturated heterocycles. The van der Waals surface area contributed by atoms with Crippen molar-refractivity contribution in [3.05, 3.63) is 54.1 Å². The second-order valence-corrected chi connectivity index (χ2v) is 8.87. The SMILES string of the molecule is CCCNS(=O)(=O)c1ccc(NC(=S)NC(=O)c2ccc(OC(C)CC)cc2)cc1. The molecule has 0 fully saturated rings. The molecule has 30 heavy (non-hydrogen) atoms. The third-order valence-electron chi connectivity index (χ3n) is 4.22. The third-order valence-corrected chi connectivity index (χ3v) is 5.90. The van der Waals surface area contributed by atoms with Crippen LogP contribution in [0.1, 0.15) is 44.0 Å². The lowest BCUT2D eigenvalue weighted by Gasteiger charge is -2.13. The Balaban J connectivity index is 1.93. The van der Waals surface area contributed by atoms with E-state index in [1.165, 1.54) is 12.1 Å². The number of carbonyl (C=O) groups is 1. The Bertz CT molecular complexity index is 959. The second kappa shape index (κ2) is 11.1. The molecule has 0 aliphatic heterocycles. The first-order valence-electron chi connectivity index (χ1n) is 9.74. The van der Waals surface area contributed by atoms with E-state index in [9.17, 15) is 13.2 Å². The molecule has 0 heterocycles. The lowest BCUT2D eigenvalue weighted by Crippen LogP contribution is -2.34. The fraction of sp³-hybridized carbons (Fsp3) is 0.333. The number of ether oxygens (including phenoxy) is 1. The molecule has 1 unspecified atom stereocenters. The van der Waals surface area contributed by atoms with Crippen LogP contribution in [0, 0.1) is 0 Å². The van der Waals surface area contributed by atoms with Crippen molar-refractivity contribution in [1.82, 2.24) is 10.0 Å². The van der Waals surface area contributed by atoms with Gasteiger partial charge in [0.25, 0.3) is 5.91 Å². The van der Waals surface area contributed by atoms with Crippen LogP contribution in [0.2, 0.25) is 0 Å². The maximum atomic E-state index is 12.4. The van der Waals surface area contributed by atoms with Gasteiger partial charge in [-0.15, -0.1) is 0 Å². The van der Waals surface area contributed by atoms with Gasteiger partial charge in [-0.3, -0.25) is 10.1 Å². The van der Waals surface area contributed by atoms with Crippen LogP contribution in [0.25, 0.3) is 0 Å². The molecule has 2 rings (SSSR count). The van der Waals surface area contributed by atoms with E-state index in [0.717, 1.165) is 6.42 Å². The number of rotatable bonds is 9. The Morgan fingerprint density at radius 1 is 1.07 bits per heavy atom. The highest BCUT2D eigenvalue weighted by molar-refractivity contribution is 7.89. The number of thiocarbonyl (C=S) groups is 1. The van der Waals surface area contributed by atoms with E-state index >= 15 is 0 Å². The molecule has 7 nitrogen and oxygen atoms in total. The maximum Gasteiger partial charge on any atom is 0.257 e. The van der Waals surface area contributed by atoms with E-state index < -0.39 is 10.0 Å². The zero-order chi connectivity index (χ0) is 22.1. The molecule has 3 N–H and O–H groups in total. The van der Waals surface area contributed by atoms with Crippen LogP contribution in [0.5, 0.6) is 5.75 Å². The molecular weight excluding hydrogens is 422 g/mol. The van der Waals surface area contributed by atoms with Crippen LogP contribution in [-0.2, 0) is 10.0 Å². The summed E-state index contributed by atoms with van der Waals surface area (Å²) in [7, 11) is -3.53. The number of hydrogen-bond acceptors (Lipinski definition) is 5. The minimum atomic E-state index is -3.53. The monoisotopic (exact) mass is 449 g/mol. The summed E-state index contributed by atoms with van der Waals surface area (Å²) in [4.78, 5) is 12.5. The maximum absolute atomic E-state index is 12.4. The molecule has 2 aromatic rings. The van der Waals surface area contributed by atoms with Crippen molar-refractivity contribution in [2.24, 2.45) is 0 Å². The quantitative estimate of drug-likeness (QED) is 0.506. The highest BCUT2D eigenvalue weighted by Crippen LogP contribution is 2.16. The van der Waals surface area contributed by atoms with Gasteiger partial charge in [0.2, 0.25) is 10.0 Å². The van der Waals surface area contributed by atoms with Crippen molar-refractivity contribution in [2.75, 3.05) is 11.9 Å². The average Bonchev–Trinajstić information content (AvgIpc) is 2.73. The Labute approximate surface area is 183 Å². The van der Waals surface area contributed by atoms with E-state index in [1.807, 2.05) is 20.8 Å². The van der Waals surface area contributed by atoms with E-state index in [1.54, 1.807) is 36.4 Å². The summed E-state index contributed by atoms with van der Waals surface area (Å²) in [5, 5.41) is 5.58. The Hall–Kier alpha value is -2.49. The second-order valence-electron chi connectivity index (χ2n) is 6.69. The minimum absolute atomic E-state index is 0.102. The molecular formula is C21H27N3O4S2. The molecule has 1 amide bonds. The van der Waals surface area contributed by atoms with E-state index in [4.69, 9.17) is 17.0 Å². The van der Waals surface area contributed by atoms with Crippen molar-refractivity contribution in [1.29, 1.82) is 0 Å². The minimum Gasteiger partial charge on any atom is -0.491 e. The largest absolute Gasteiger partial charge is 0.491 e. The summed E-state index contributed by atoms with van der Waals surface area (Å²) in [6, 6.07) is 12.9. The van der Waals surface area contributed by atoms with Gasteiger partial charge in [0, 0.05) is 17.8 Å². The fourth-order valence-electron chi connectivity index (χ4n) is 2.38. The summed E-state index contributed by atoms with van der Waals surface area (Å²) in [6.45, 7) is 6.29. The number of nitrogens with one attached hydrogen (secondary N) is 3. The topological polar surface area (TPSA) is 96.5 Å². The molecule has 162 valence electrons. The predicted octanol–water partition coefficient (Wildman–Crippen LogP) is 3.68. The lowest BCUT2D eigenvalue weighted by molar-refractivity contribution is 0.0977. The zero-order valence-electron chi connectivity index (χ0n) is 17.3. The van der Waals surface area contributed by atoms with E-state index in [0.29, 0.717) is 30.0 Å². The van der Waals surface area contributed by atoms with Gasteiger partial charge in [-0.2, -0.15) is 0 Å². The Morgan fingerprint density at radius 3 is 2.27 bits per heavy atom. The highest BCUT2D eigenvalue weighted by atomic mass is 32.2. The molecule has 0 aliphatic rings. The summed E-state index contributed by atoms with van der Waals surface area (Å²) in [5.74, 6) is 0.343. The number of anilines is 1. The van der Waals surface area contributed by atoms with Crippen molar-refractivity contribution < 1.29 is 17.9 Å². The van der Waals surface area contributed by atoms with Crippen LogP contribution in [0.4, 0.5) is 5.69 Å². The average molecular weight is 450 g/mol. The van der Waals surface area contributed by atoms with Crippen LogP contribution in [-0.4, -0.2) is 32.1 Å². The number of hydrogen-bond donors (Lipinski definition) is 3. The first-order valence-corrected chi connectivity index (χ1v) is 11.6. The Kier molecular flexibility index (Phi) is 8.76. The van der Waals surface area contributed by atoms with Crippen molar-refractivity contribution in [3.63, 3.8) is 0 Å². The van der Waals surface area contributed by atoms with Crippen LogP contribution >= 0.6 is 12.2 Å². The lowest BCUT2D eigenvalue weighted by atomic mass is 10.2. The molecule has 1 atom stereocenters. The number of benzene rings is 2. The Morgan fingerprint density at radius 2 is 1.70 bits per heavy atom. The van der Waals surface area contributed by atoms with Gasteiger partial charge >= 0.3 is 0 Å². The predicted molar refractivity (Wildman–Crippen MR) is 122 cm³/mol. The first kappa shape index (κ1) is 23.8. The van der Waals surface area contributed by atoms with E-state index in [-0.39, 0.29) is 22.0 Å². The van der Waals surface area contributed by atoms with Crippen LogP contribution in [0.15, 0.2) is 53.4 Å². The van der Waals surface area contributed by atoms with Gasteiger partial charge in [0.05, 0.1) is 11.0 Å². The first-order chi connectivity index (χ1) is 14.2. The number of sulfonamides is 1.